The molecule has 0 bridgehead atoms. The molecule has 0 radical (unpaired) electrons. The smallest absolute Gasteiger partial charge is 0.226 e. The Morgan fingerprint density at radius 3 is 2.46 bits per heavy atom. The van der Waals surface area contributed by atoms with Crippen molar-refractivity contribution in [3.63, 3.8) is 0 Å². The molecule has 1 amide bonds. The Kier molecular flexibility index (Phi) is 3.50. The van der Waals surface area contributed by atoms with Crippen LogP contribution < -0.4 is 4.90 Å². The Labute approximate surface area is 79.2 Å². The van der Waals surface area contributed by atoms with E-state index in [0.29, 0.717) is 6.42 Å². The van der Waals surface area contributed by atoms with Crippen molar-refractivity contribution < 1.29 is 4.79 Å². The van der Waals surface area contributed by atoms with Crippen LogP contribution in [-0.2, 0) is 4.79 Å². The molecular formula is C11H15NO. The van der Waals surface area contributed by atoms with E-state index >= 15 is 0 Å². The summed E-state index contributed by atoms with van der Waals surface area (Å²) < 4.78 is 0. The number of carbonyl (C=O) groups excluding carboxylic acids is 1. The molecule has 0 aromatic heterocycles. The summed E-state index contributed by atoms with van der Waals surface area (Å²) in [5.41, 5.74) is 0.959. The van der Waals surface area contributed by atoms with Crippen LogP contribution in [0, 0.1) is 0 Å². The topological polar surface area (TPSA) is 20.3 Å². The van der Waals surface area contributed by atoms with Gasteiger partial charge in [0.25, 0.3) is 0 Å². The first-order valence-electron chi connectivity index (χ1n) is 4.57. The maximum absolute atomic E-state index is 11.5. The van der Waals surface area contributed by atoms with Gasteiger partial charge < -0.3 is 4.90 Å². The van der Waals surface area contributed by atoms with Crippen molar-refractivity contribution in [2.75, 3.05) is 11.9 Å². The molecule has 1 aromatic carbocycles. The largest absolute Gasteiger partial charge is 0.316 e. The summed E-state index contributed by atoms with van der Waals surface area (Å²) >= 11 is 0. The minimum absolute atomic E-state index is 0.175. The second-order valence-corrected chi connectivity index (χ2v) is 3.04. The van der Waals surface area contributed by atoms with Crippen LogP contribution in [0.4, 0.5) is 5.69 Å². The highest BCUT2D eigenvalue weighted by molar-refractivity contribution is 5.92. The van der Waals surface area contributed by atoms with Gasteiger partial charge >= 0.3 is 0 Å². The average molecular weight is 177 g/mol. The molecule has 0 aliphatic rings. The third-order valence-electron chi connectivity index (χ3n) is 1.98. The van der Waals surface area contributed by atoms with Gasteiger partial charge in [0.05, 0.1) is 0 Å². The second-order valence-electron chi connectivity index (χ2n) is 3.04. The summed E-state index contributed by atoms with van der Waals surface area (Å²) in [6.45, 7) is 2.01. The molecule has 0 N–H and O–H groups in total. The standard InChI is InChI=1S/C11H15NO/c1-3-7-11(13)12(2)10-8-5-4-6-9-10/h4-6,8-9H,3,7H2,1-2H3. The minimum atomic E-state index is 0.175. The lowest BCUT2D eigenvalue weighted by Gasteiger charge is -2.16. The Morgan fingerprint density at radius 2 is 1.92 bits per heavy atom. The zero-order valence-corrected chi connectivity index (χ0v) is 8.16. The van der Waals surface area contributed by atoms with Gasteiger partial charge in [-0.15, -0.1) is 0 Å². The molecule has 0 spiro atoms. The van der Waals surface area contributed by atoms with E-state index in [9.17, 15) is 4.79 Å². The maximum Gasteiger partial charge on any atom is 0.226 e. The molecular weight excluding hydrogens is 162 g/mol. The van der Waals surface area contributed by atoms with Gasteiger partial charge in [0.1, 0.15) is 0 Å². The van der Waals surface area contributed by atoms with Crippen LogP contribution in [0.1, 0.15) is 19.8 Å². The molecule has 13 heavy (non-hydrogen) atoms. The van der Waals surface area contributed by atoms with Gasteiger partial charge in [-0.2, -0.15) is 0 Å². The van der Waals surface area contributed by atoms with E-state index in [0.717, 1.165) is 12.1 Å². The highest BCUT2D eigenvalue weighted by Crippen LogP contribution is 2.12. The van der Waals surface area contributed by atoms with E-state index in [1.54, 1.807) is 4.90 Å². The van der Waals surface area contributed by atoms with Gasteiger partial charge in [0.15, 0.2) is 0 Å². The Morgan fingerprint density at radius 1 is 1.31 bits per heavy atom. The molecule has 1 aromatic rings. The molecule has 0 saturated heterocycles. The van der Waals surface area contributed by atoms with Gasteiger partial charge in [-0.1, -0.05) is 25.1 Å². The Balaban J connectivity index is 2.68. The molecule has 0 heterocycles. The molecule has 0 aliphatic heterocycles. The van der Waals surface area contributed by atoms with Crippen LogP contribution >= 0.6 is 0 Å². The number of hydrogen-bond donors (Lipinski definition) is 0. The highest BCUT2D eigenvalue weighted by Gasteiger charge is 2.07. The van der Waals surface area contributed by atoms with Crippen molar-refractivity contribution in [1.29, 1.82) is 0 Å². The molecule has 1 rings (SSSR count). The predicted octanol–water partition coefficient (Wildman–Crippen LogP) is 2.45. The minimum Gasteiger partial charge on any atom is -0.316 e. The summed E-state index contributed by atoms with van der Waals surface area (Å²) in [7, 11) is 1.81. The number of hydrogen-bond acceptors (Lipinski definition) is 1. The summed E-state index contributed by atoms with van der Waals surface area (Å²) in [6.07, 6.45) is 1.52. The lowest BCUT2D eigenvalue weighted by Crippen LogP contribution is -2.25. The molecule has 0 fully saturated rings. The summed E-state index contributed by atoms with van der Waals surface area (Å²) in [4.78, 5) is 13.2. The third-order valence-corrected chi connectivity index (χ3v) is 1.98. The normalized spacial score (nSPS) is 9.69. The first-order valence-corrected chi connectivity index (χ1v) is 4.57. The Hall–Kier alpha value is -1.31. The van der Waals surface area contributed by atoms with Crippen molar-refractivity contribution in [1.82, 2.24) is 0 Å². The van der Waals surface area contributed by atoms with Crippen molar-refractivity contribution in [2.45, 2.75) is 19.8 Å². The highest BCUT2D eigenvalue weighted by atomic mass is 16.2. The van der Waals surface area contributed by atoms with Crippen molar-refractivity contribution in [3.05, 3.63) is 30.3 Å². The van der Waals surface area contributed by atoms with Gasteiger partial charge in [0, 0.05) is 19.2 Å². The monoisotopic (exact) mass is 177 g/mol. The van der Waals surface area contributed by atoms with Crippen LogP contribution in [0.15, 0.2) is 30.3 Å². The van der Waals surface area contributed by atoms with Crippen LogP contribution in [0.3, 0.4) is 0 Å². The number of benzene rings is 1. The predicted molar refractivity (Wildman–Crippen MR) is 54.8 cm³/mol. The third kappa shape index (κ3) is 2.58. The summed E-state index contributed by atoms with van der Waals surface area (Å²) in [6, 6.07) is 9.69. The summed E-state index contributed by atoms with van der Waals surface area (Å²) in [5.74, 6) is 0.175. The van der Waals surface area contributed by atoms with Crippen LogP contribution in [0.5, 0.6) is 0 Å². The molecule has 0 atom stereocenters. The van der Waals surface area contributed by atoms with E-state index in [2.05, 4.69) is 0 Å². The van der Waals surface area contributed by atoms with Crippen molar-refractivity contribution >= 4 is 11.6 Å². The maximum atomic E-state index is 11.5. The first-order chi connectivity index (χ1) is 6.25. The molecule has 0 aliphatic carbocycles. The number of amides is 1. The van der Waals surface area contributed by atoms with E-state index in [1.807, 2.05) is 44.3 Å². The second kappa shape index (κ2) is 4.65. The van der Waals surface area contributed by atoms with Gasteiger partial charge in [-0.05, 0) is 18.6 Å². The quantitative estimate of drug-likeness (QED) is 0.694. The van der Waals surface area contributed by atoms with E-state index in [-0.39, 0.29) is 5.91 Å². The van der Waals surface area contributed by atoms with E-state index in [4.69, 9.17) is 0 Å². The zero-order valence-electron chi connectivity index (χ0n) is 8.16. The van der Waals surface area contributed by atoms with Gasteiger partial charge in [-0.25, -0.2) is 0 Å². The SMILES string of the molecule is CCCC(=O)N(C)c1ccccc1. The Bertz CT molecular complexity index is 269. The molecule has 0 unspecified atom stereocenters. The number of anilines is 1. The number of nitrogens with zero attached hydrogens (tertiary/aromatic N) is 1. The fourth-order valence-electron chi connectivity index (χ4n) is 1.18. The lowest BCUT2D eigenvalue weighted by atomic mass is 10.2. The zero-order chi connectivity index (χ0) is 9.68. The fourth-order valence-corrected chi connectivity index (χ4v) is 1.18. The van der Waals surface area contributed by atoms with Gasteiger partial charge in [0.2, 0.25) is 5.91 Å². The van der Waals surface area contributed by atoms with Crippen molar-refractivity contribution in [3.8, 4) is 0 Å². The first kappa shape index (κ1) is 9.78. The molecule has 0 saturated carbocycles. The molecule has 2 nitrogen and oxygen atoms in total. The van der Waals surface area contributed by atoms with E-state index < -0.39 is 0 Å². The number of rotatable bonds is 3. The summed E-state index contributed by atoms with van der Waals surface area (Å²) in [5, 5.41) is 0. The van der Waals surface area contributed by atoms with Crippen LogP contribution in [0.2, 0.25) is 0 Å². The van der Waals surface area contributed by atoms with Crippen LogP contribution in [0.25, 0.3) is 0 Å². The fraction of sp³-hybridized carbons (Fsp3) is 0.364. The van der Waals surface area contributed by atoms with E-state index in [1.165, 1.54) is 0 Å². The molecule has 70 valence electrons. The van der Waals surface area contributed by atoms with Crippen molar-refractivity contribution in [2.24, 2.45) is 0 Å². The average Bonchev–Trinajstić information content (AvgIpc) is 2.18. The molecule has 2 heteroatoms. The van der Waals surface area contributed by atoms with Crippen LogP contribution in [-0.4, -0.2) is 13.0 Å². The lowest BCUT2D eigenvalue weighted by molar-refractivity contribution is -0.118. The number of para-hydroxylation sites is 1. The number of carbonyl (C=O) groups is 1. The van der Waals surface area contributed by atoms with Gasteiger partial charge in [-0.3, -0.25) is 4.79 Å².